The van der Waals surface area contributed by atoms with Crippen LogP contribution in [0.25, 0.3) is 0 Å². The van der Waals surface area contributed by atoms with Gasteiger partial charge in [0.2, 0.25) is 0 Å². The second kappa shape index (κ2) is 4.74. The van der Waals surface area contributed by atoms with Crippen molar-refractivity contribution >= 4 is 11.5 Å². The van der Waals surface area contributed by atoms with E-state index >= 15 is 0 Å². The van der Waals surface area contributed by atoms with Crippen LogP contribution in [0.15, 0.2) is 0 Å². The zero-order valence-corrected chi connectivity index (χ0v) is 10.5. The molecule has 16 heavy (non-hydrogen) atoms. The molecule has 1 rings (SSSR count). The van der Waals surface area contributed by atoms with Crippen LogP contribution in [0.1, 0.15) is 32.9 Å². The van der Waals surface area contributed by atoms with Gasteiger partial charge in [-0.15, -0.1) is 0 Å². The average Bonchev–Trinajstić information content (AvgIpc) is 2.47. The van der Waals surface area contributed by atoms with E-state index in [4.69, 9.17) is 5.73 Å². The highest BCUT2D eigenvalue weighted by Gasteiger charge is 2.21. The molecule has 0 saturated carbocycles. The lowest BCUT2D eigenvalue weighted by atomic mass is 10.1. The minimum absolute atomic E-state index is 0.0424. The summed E-state index contributed by atoms with van der Waals surface area (Å²) in [5.74, 6) is 0.780. The van der Waals surface area contributed by atoms with Crippen molar-refractivity contribution in [3.63, 3.8) is 0 Å². The van der Waals surface area contributed by atoms with Crippen molar-refractivity contribution in [3.05, 3.63) is 5.69 Å². The predicted octanol–water partition coefficient (Wildman–Crippen LogP) is 1.14. The third-order valence-corrected chi connectivity index (χ3v) is 2.50. The normalized spacial score (nSPS) is 11.8. The Hall–Kier alpha value is -1.23. The van der Waals surface area contributed by atoms with E-state index < -0.39 is 5.54 Å². The van der Waals surface area contributed by atoms with Crippen LogP contribution in [-0.2, 0) is 13.5 Å². The number of nitrogen functional groups attached to an aromatic ring is 1. The number of nitrogens with one attached hydrogen (secondary N) is 1. The number of aryl methyl sites for hydroxylation is 2. The molecule has 5 heteroatoms. The van der Waals surface area contributed by atoms with Gasteiger partial charge in [-0.25, -0.2) is 0 Å². The van der Waals surface area contributed by atoms with Crippen LogP contribution in [0, 0.1) is 0 Å². The Morgan fingerprint density at radius 3 is 2.62 bits per heavy atom. The quantitative estimate of drug-likeness (QED) is 0.703. The Bertz CT molecular complexity index is 357. The summed E-state index contributed by atoms with van der Waals surface area (Å²) in [6.45, 7) is 5.97. The van der Waals surface area contributed by atoms with E-state index in [-0.39, 0.29) is 6.61 Å². The highest BCUT2D eigenvalue weighted by molar-refractivity contribution is 5.65. The fraction of sp³-hybridized carbons (Fsp3) is 0.727. The topological polar surface area (TPSA) is 76.1 Å². The molecule has 0 aliphatic carbocycles. The molecular weight excluding hydrogens is 204 g/mol. The lowest BCUT2D eigenvalue weighted by Crippen LogP contribution is -2.36. The first kappa shape index (κ1) is 12.8. The van der Waals surface area contributed by atoms with Gasteiger partial charge >= 0.3 is 0 Å². The van der Waals surface area contributed by atoms with Gasteiger partial charge in [0.05, 0.1) is 23.5 Å². The van der Waals surface area contributed by atoms with Crippen molar-refractivity contribution < 1.29 is 5.11 Å². The van der Waals surface area contributed by atoms with Gasteiger partial charge in [0.25, 0.3) is 0 Å². The number of aliphatic hydroxyl groups excluding tert-OH is 1. The van der Waals surface area contributed by atoms with Gasteiger partial charge in [-0.05, 0) is 20.3 Å². The zero-order valence-electron chi connectivity index (χ0n) is 10.5. The van der Waals surface area contributed by atoms with Gasteiger partial charge in [0.1, 0.15) is 5.82 Å². The second-order valence-electron chi connectivity index (χ2n) is 4.75. The van der Waals surface area contributed by atoms with Crippen molar-refractivity contribution in [3.8, 4) is 0 Å². The largest absolute Gasteiger partial charge is 0.394 e. The van der Waals surface area contributed by atoms with Crippen molar-refractivity contribution in [1.82, 2.24) is 9.78 Å². The molecule has 0 aliphatic rings. The summed E-state index contributed by atoms with van der Waals surface area (Å²) in [6, 6.07) is 0. The molecule has 1 aromatic rings. The van der Waals surface area contributed by atoms with E-state index in [1.807, 2.05) is 20.9 Å². The van der Waals surface area contributed by atoms with E-state index in [9.17, 15) is 5.11 Å². The molecule has 0 radical (unpaired) electrons. The molecular formula is C11H22N4O. The fourth-order valence-electron chi connectivity index (χ4n) is 1.53. The van der Waals surface area contributed by atoms with E-state index in [1.165, 1.54) is 0 Å². The molecule has 0 aliphatic heterocycles. The van der Waals surface area contributed by atoms with Crippen LogP contribution in [0.4, 0.5) is 11.5 Å². The molecule has 0 bridgehead atoms. The van der Waals surface area contributed by atoms with Crippen molar-refractivity contribution in [2.75, 3.05) is 17.7 Å². The summed E-state index contributed by atoms with van der Waals surface area (Å²) in [4.78, 5) is 0. The fourth-order valence-corrected chi connectivity index (χ4v) is 1.53. The van der Waals surface area contributed by atoms with Gasteiger partial charge in [0, 0.05) is 7.05 Å². The standard InChI is InChI=1S/C11H22N4O/c1-5-6-8-9(12)10(15(4)14-8)13-11(2,3)7-16/h13,16H,5-7,12H2,1-4H3. The smallest absolute Gasteiger partial charge is 0.148 e. The molecule has 5 nitrogen and oxygen atoms in total. The highest BCUT2D eigenvalue weighted by Crippen LogP contribution is 2.25. The maximum atomic E-state index is 9.21. The van der Waals surface area contributed by atoms with E-state index in [1.54, 1.807) is 4.68 Å². The minimum atomic E-state index is -0.397. The summed E-state index contributed by atoms with van der Waals surface area (Å²) in [5.41, 5.74) is 7.23. The number of nitrogens with two attached hydrogens (primary N) is 1. The summed E-state index contributed by atoms with van der Waals surface area (Å²) in [5, 5.41) is 16.8. The van der Waals surface area contributed by atoms with Crippen LogP contribution >= 0.6 is 0 Å². The molecule has 4 N–H and O–H groups in total. The lowest BCUT2D eigenvalue weighted by Gasteiger charge is -2.25. The van der Waals surface area contributed by atoms with Crippen molar-refractivity contribution in [1.29, 1.82) is 0 Å². The molecule has 0 atom stereocenters. The van der Waals surface area contributed by atoms with Gasteiger partial charge in [-0.1, -0.05) is 13.3 Å². The molecule has 0 saturated heterocycles. The lowest BCUT2D eigenvalue weighted by molar-refractivity contribution is 0.233. The summed E-state index contributed by atoms with van der Waals surface area (Å²) >= 11 is 0. The predicted molar refractivity (Wildman–Crippen MR) is 66.4 cm³/mol. The Balaban J connectivity index is 2.96. The van der Waals surface area contributed by atoms with E-state index in [0.29, 0.717) is 5.69 Å². The van der Waals surface area contributed by atoms with Gasteiger partial charge in [0.15, 0.2) is 0 Å². The maximum absolute atomic E-state index is 9.21. The molecule has 0 unspecified atom stereocenters. The first-order valence-corrected chi connectivity index (χ1v) is 5.61. The van der Waals surface area contributed by atoms with E-state index in [0.717, 1.165) is 24.4 Å². The average molecular weight is 226 g/mol. The molecule has 1 aromatic heterocycles. The van der Waals surface area contributed by atoms with Crippen LogP contribution in [0.3, 0.4) is 0 Å². The van der Waals surface area contributed by atoms with Gasteiger partial charge in [-0.3, -0.25) is 4.68 Å². The number of rotatable bonds is 5. The SMILES string of the molecule is CCCc1nn(C)c(NC(C)(C)CO)c1N. The van der Waals surface area contributed by atoms with Gasteiger partial charge in [-0.2, -0.15) is 5.10 Å². The minimum Gasteiger partial charge on any atom is -0.394 e. The number of hydrogen-bond donors (Lipinski definition) is 3. The highest BCUT2D eigenvalue weighted by atomic mass is 16.3. The Morgan fingerprint density at radius 2 is 2.12 bits per heavy atom. The van der Waals surface area contributed by atoms with Crippen LogP contribution in [0.5, 0.6) is 0 Å². The third kappa shape index (κ3) is 2.66. The number of anilines is 2. The zero-order chi connectivity index (χ0) is 12.3. The summed E-state index contributed by atoms with van der Waals surface area (Å²) in [6.07, 6.45) is 1.89. The number of aliphatic hydroxyl groups is 1. The number of aromatic nitrogens is 2. The van der Waals surface area contributed by atoms with Gasteiger partial charge < -0.3 is 16.2 Å². The summed E-state index contributed by atoms with van der Waals surface area (Å²) in [7, 11) is 1.85. The van der Waals surface area contributed by atoms with Crippen LogP contribution in [-0.4, -0.2) is 27.0 Å². The van der Waals surface area contributed by atoms with Crippen LogP contribution < -0.4 is 11.1 Å². The first-order valence-electron chi connectivity index (χ1n) is 5.61. The van der Waals surface area contributed by atoms with Crippen molar-refractivity contribution in [2.24, 2.45) is 7.05 Å². The van der Waals surface area contributed by atoms with Crippen LogP contribution in [0.2, 0.25) is 0 Å². The Kier molecular flexibility index (Phi) is 3.80. The molecule has 1 heterocycles. The van der Waals surface area contributed by atoms with Crippen molar-refractivity contribution in [2.45, 2.75) is 39.2 Å². The number of nitrogens with zero attached hydrogens (tertiary/aromatic N) is 2. The Labute approximate surface area is 96.6 Å². The number of hydrogen-bond acceptors (Lipinski definition) is 4. The second-order valence-corrected chi connectivity index (χ2v) is 4.75. The monoisotopic (exact) mass is 226 g/mol. The molecule has 92 valence electrons. The maximum Gasteiger partial charge on any atom is 0.148 e. The first-order chi connectivity index (χ1) is 7.41. The third-order valence-electron chi connectivity index (χ3n) is 2.50. The Morgan fingerprint density at radius 1 is 1.50 bits per heavy atom. The molecule has 0 spiro atoms. The molecule has 0 amide bonds. The summed E-state index contributed by atoms with van der Waals surface area (Å²) < 4.78 is 1.73. The molecule has 0 aromatic carbocycles. The molecule has 0 fully saturated rings. The van der Waals surface area contributed by atoms with E-state index in [2.05, 4.69) is 17.3 Å².